The number of hydrogen-bond acceptors (Lipinski definition) is 1. The Labute approximate surface area is 48.6 Å². The van der Waals surface area contributed by atoms with Crippen molar-refractivity contribution in [3.63, 3.8) is 0 Å². The Morgan fingerprint density at radius 3 is 2.57 bits per heavy atom. The molecule has 1 heteroatoms. The van der Waals surface area contributed by atoms with Crippen LogP contribution in [0.5, 0.6) is 0 Å². The average molecular weight is 109 g/mol. The predicted octanol–water partition coefficient (Wildman–Crippen LogP) is 1.73. The van der Waals surface area contributed by atoms with E-state index in [1.54, 1.807) is 0 Å². The highest BCUT2D eigenvalue weighted by Crippen LogP contribution is 2.04. The minimum atomic E-state index is 0.891. The van der Waals surface area contributed by atoms with Crippen LogP contribution >= 0.6 is 12.6 Å². The summed E-state index contributed by atoms with van der Waals surface area (Å²) in [5, 5.41) is 0. The van der Waals surface area contributed by atoms with Gasteiger partial charge in [-0.3, -0.25) is 0 Å². The van der Waals surface area contributed by atoms with Gasteiger partial charge < -0.3 is 0 Å². The van der Waals surface area contributed by atoms with Crippen LogP contribution in [0.15, 0.2) is 29.2 Å². The fraction of sp³-hybridized carbons (Fsp3) is 0. The molecule has 0 unspecified atom stereocenters. The predicted molar refractivity (Wildman–Crippen MR) is 34.0 cm³/mol. The molecule has 0 saturated carbocycles. The molecule has 0 aromatic carbocycles. The summed E-state index contributed by atoms with van der Waals surface area (Å²) >= 11 is 4.03. The third-order valence-electron chi connectivity index (χ3n) is 0.693. The molecule has 0 spiro atoms. The van der Waals surface area contributed by atoms with Crippen LogP contribution in [0.1, 0.15) is 0 Å². The molecule has 0 amide bonds. The molecule has 1 aliphatic carbocycles. The van der Waals surface area contributed by atoms with Crippen LogP contribution in [0.2, 0.25) is 0 Å². The van der Waals surface area contributed by atoms with Crippen LogP contribution in [-0.2, 0) is 0 Å². The van der Waals surface area contributed by atoms with E-state index in [1.807, 2.05) is 24.3 Å². The summed E-state index contributed by atoms with van der Waals surface area (Å²) in [6, 6.07) is 0. The molecular formula is C6H5S+. The first kappa shape index (κ1) is 4.63. The van der Waals surface area contributed by atoms with E-state index in [1.165, 1.54) is 0 Å². The van der Waals surface area contributed by atoms with Gasteiger partial charge >= 0.3 is 0 Å². The van der Waals surface area contributed by atoms with E-state index >= 15 is 0 Å². The molecule has 0 bridgehead atoms. The van der Waals surface area contributed by atoms with E-state index in [0.29, 0.717) is 0 Å². The molecule has 1 rings (SSSR count). The van der Waals surface area contributed by atoms with E-state index in [4.69, 9.17) is 0 Å². The number of thiol groups is 1. The molecular weight excluding hydrogens is 104 g/mol. The van der Waals surface area contributed by atoms with Gasteiger partial charge in [-0.05, 0) is 0 Å². The van der Waals surface area contributed by atoms with Crippen LogP contribution in [0, 0.1) is 6.08 Å². The smallest absolute Gasteiger partial charge is 0.105 e. The summed E-state index contributed by atoms with van der Waals surface area (Å²) in [6.07, 6.45) is 10.5. The second kappa shape index (κ2) is 1.97. The first-order valence-corrected chi connectivity index (χ1v) is 2.50. The van der Waals surface area contributed by atoms with Crippen molar-refractivity contribution in [1.29, 1.82) is 0 Å². The first-order valence-electron chi connectivity index (χ1n) is 2.05. The summed E-state index contributed by atoms with van der Waals surface area (Å²) in [4.78, 5) is 0.891. The summed E-state index contributed by atoms with van der Waals surface area (Å²) in [6.45, 7) is 0. The molecule has 7 heavy (non-hydrogen) atoms. The van der Waals surface area contributed by atoms with E-state index in [2.05, 4.69) is 18.7 Å². The van der Waals surface area contributed by atoms with Crippen LogP contribution in [0.25, 0.3) is 0 Å². The van der Waals surface area contributed by atoms with Crippen molar-refractivity contribution in [2.45, 2.75) is 0 Å². The maximum atomic E-state index is 4.03. The third-order valence-corrected chi connectivity index (χ3v) is 0.971. The average Bonchev–Trinajstić information content (AvgIpc) is 1.69. The van der Waals surface area contributed by atoms with Gasteiger partial charge in [0.1, 0.15) is 6.08 Å². The van der Waals surface area contributed by atoms with Gasteiger partial charge in [-0.2, -0.15) is 0 Å². The highest BCUT2D eigenvalue weighted by molar-refractivity contribution is 7.84. The zero-order valence-electron chi connectivity index (χ0n) is 3.76. The maximum absolute atomic E-state index is 4.03. The molecule has 34 valence electrons. The first-order chi connectivity index (χ1) is 3.39. The molecule has 0 saturated heterocycles. The Hall–Kier alpha value is -0.520. The summed E-state index contributed by atoms with van der Waals surface area (Å²) in [5.74, 6) is 0. The highest BCUT2D eigenvalue weighted by Gasteiger charge is 1.92. The van der Waals surface area contributed by atoms with Crippen molar-refractivity contribution in [2.75, 3.05) is 0 Å². The summed E-state index contributed by atoms with van der Waals surface area (Å²) < 4.78 is 0. The van der Waals surface area contributed by atoms with E-state index in [9.17, 15) is 0 Å². The molecule has 1 aliphatic rings. The Morgan fingerprint density at radius 1 is 1.43 bits per heavy atom. The normalized spacial score (nSPS) is 15.9. The van der Waals surface area contributed by atoms with E-state index < -0.39 is 0 Å². The lowest BCUT2D eigenvalue weighted by Crippen LogP contribution is -1.66. The van der Waals surface area contributed by atoms with Gasteiger partial charge in [0.2, 0.25) is 0 Å². The van der Waals surface area contributed by atoms with Gasteiger partial charge in [0.05, 0.1) is 18.2 Å². The number of allylic oxidation sites excluding steroid dienone is 5. The van der Waals surface area contributed by atoms with Crippen molar-refractivity contribution in [1.82, 2.24) is 0 Å². The minimum Gasteiger partial charge on any atom is -0.105 e. The molecule has 0 N–H and O–H groups in total. The summed E-state index contributed by atoms with van der Waals surface area (Å²) in [5.41, 5.74) is 0. The second-order valence-corrected chi connectivity index (χ2v) is 1.73. The minimum absolute atomic E-state index is 0.891. The molecule has 0 fully saturated rings. The van der Waals surface area contributed by atoms with Crippen LogP contribution < -0.4 is 0 Å². The Kier molecular flexibility index (Phi) is 1.30. The Morgan fingerprint density at radius 2 is 2.29 bits per heavy atom. The lowest BCUT2D eigenvalue weighted by Gasteiger charge is -1.76. The SMILES string of the molecule is SC1=CC=CC=[C+]1. The lowest BCUT2D eigenvalue weighted by molar-refractivity contribution is 1.72. The maximum Gasteiger partial charge on any atom is 0.168 e. The van der Waals surface area contributed by atoms with Gasteiger partial charge in [0.15, 0.2) is 4.91 Å². The van der Waals surface area contributed by atoms with Crippen LogP contribution in [0.4, 0.5) is 0 Å². The molecule has 0 atom stereocenters. The quantitative estimate of drug-likeness (QED) is 0.355. The van der Waals surface area contributed by atoms with Crippen molar-refractivity contribution < 1.29 is 0 Å². The van der Waals surface area contributed by atoms with E-state index in [-0.39, 0.29) is 0 Å². The Balaban J connectivity index is 2.82. The molecule has 0 nitrogen and oxygen atoms in total. The van der Waals surface area contributed by atoms with Crippen molar-refractivity contribution in [3.8, 4) is 0 Å². The zero-order valence-corrected chi connectivity index (χ0v) is 4.65. The van der Waals surface area contributed by atoms with E-state index in [0.717, 1.165) is 4.91 Å². The lowest BCUT2D eigenvalue weighted by atomic mass is 10.3. The summed E-state index contributed by atoms with van der Waals surface area (Å²) in [7, 11) is 0. The number of rotatable bonds is 0. The molecule has 0 aromatic rings. The monoisotopic (exact) mass is 109 g/mol. The van der Waals surface area contributed by atoms with Gasteiger partial charge in [-0.1, -0.05) is 0 Å². The number of hydrogen-bond donors (Lipinski definition) is 1. The second-order valence-electron chi connectivity index (χ2n) is 1.25. The zero-order chi connectivity index (χ0) is 5.11. The fourth-order valence-corrected chi connectivity index (χ4v) is 0.544. The fourth-order valence-electron chi connectivity index (χ4n) is 0.384. The van der Waals surface area contributed by atoms with Crippen LogP contribution in [-0.4, -0.2) is 0 Å². The Bertz CT molecular complexity index is 140. The molecule has 0 aliphatic heterocycles. The van der Waals surface area contributed by atoms with Gasteiger partial charge in [0.25, 0.3) is 0 Å². The third kappa shape index (κ3) is 1.19. The van der Waals surface area contributed by atoms with Gasteiger partial charge in [-0.25, -0.2) is 0 Å². The van der Waals surface area contributed by atoms with Crippen molar-refractivity contribution in [2.24, 2.45) is 0 Å². The molecule has 0 heterocycles. The van der Waals surface area contributed by atoms with Crippen LogP contribution in [0.3, 0.4) is 0 Å². The molecule has 0 aromatic heterocycles. The van der Waals surface area contributed by atoms with Crippen molar-refractivity contribution >= 4 is 12.6 Å². The van der Waals surface area contributed by atoms with Gasteiger partial charge in [-0.15, -0.1) is 12.6 Å². The van der Waals surface area contributed by atoms with Gasteiger partial charge in [0, 0.05) is 6.08 Å². The van der Waals surface area contributed by atoms with Crippen molar-refractivity contribution in [3.05, 3.63) is 35.3 Å². The topological polar surface area (TPSA) is 0 Å². The largest absolute Gasteiger partial charge is 0.168 e. The molecule has 0 radical (unpaired) electrons. The highest BCUT2D eigenvalue weighted by atomic mass is 32.1. The standard InChI is InChI=1S/C6H4S/c7-6-4-2-1-3-5-6/h1-4H/p+1.